The van der Waals surface area contributed by atoms with Crippen molar-refractivity contribution in [1.82, 2.24) is 9.97 Å². The predicted octanol–water partition coefficient (Wildman–Crippen LogP) is 2.95. The van der Waals surface area contributed by atoms with E-state index >= 15 is 0 Å². The van der Waals surface area contributed by atoms with Crippen LogP contribution in [0.1, 0.15) is 51.9 Å². The Kier molecular flexibility index (Phi) is 5.01. The number of nitro groups is 1. The van der Waals surface area contributed by atoms with E-state index in [0.29, 0.717) is 23.7 Å². The molecule has 2 aliphatic rings. The van der Waals surface area contributed by atoms with E-state index in [9.17, 15) is 10.1 Å². The molecule has 132 valence electrons. The first kappa shape index (κ1) is 16.7. The van der Waals surface area contributed by atoms with Crippen LogP contribution in [-0.2, 0) is 0 Å². The first-order valence-corrected chi connectivity index (χ1v) is 8.88. The van der Waals surface area contributed by atoms with E-state index in [1.165, 1.54) is 19.3 Å². The molecule has 2 fully saturated rings. The lowest BCUT2D eigenvalue weighted by atomic mass is 9.96. The normalized spacial score (nSPS) is 22.4. The highest BCUT2D eigenvalue weighted by atomic mass is 16.6. The predicted molar refractivity (Wildman–Crippen MR) is 94.2 cm³/mol. The molecule has 1 aliphatic heterocycles. The van der Waals surface area contributed by atoms with Gasteiger partial charge in [0.05, 0.1) is 4.92 Å². The summed E-state index contributed by atoms with van der Waals surface area (Å²) >= 11 is 0. The molecule has 1 unspecified atom stereocenters. The van der Waals surface area contributed by atoms with E-state index in [4.69, 9.17) is 5.73 Å². The zero-order valence-corrected chi connectivity index (χ0v) is 14.2. The zero-order valence-electron chi connectivity index (χ0n) is 14.2. The number of nitrogens with two attached hydrogens (primary N) is 1. The van der Waals surface area contributed by atoms with Gasteiger partial charge in [0.25, 0.3) is 0 Å². The van der Waals surface area contributed by atoms with Crippen LogP contribution >= 0.6 is 0 Å². The molecule has 0 aromatic carbocycles. The number of hydrogen-bond acceptors (Lipinski definition) is 7. The van der Waals surface area contributed by atoms with Crippen molar-refractivity contribution in [3.63, 3.8) is 0 Å². The minimum Gasteiger partial charge on any atom is -0.378 e. The number of hydrogen-bond donors (Lipinski definition) is 2. The molecular formula is C16H26N6O2. The Morgan fingerprint density at radius 3 is 2.62 bits per heavy atom. The minimum absolute atomic E-state index is 0.0541. The second-order valence-electron chi connectivity index (χ2n) is 7.03. The molecule has 1 saturated carbocycles. The summed E-state index contributed by atoms with van der Waals surface area (Å²) in [4.78, 5) is 21.6. The van der Waals surface area contributed by atoms with Gasteiger partial charge in [0, 0.05) is 19.1 Å². The van der Waals surface area contributed by atoms with Gasteiger partial charge in [-0.15, -0.1) is 0 Å². The van der Waals surface area contributed by atoms with Crippen LogP contribution < -0.4 is 16.0 Å². The van der Waals surface area contributed by atoms with Crippen molar-refractivity contribution in [2.75, 3.05) is 29.0 Å². The molecule has 1 aromatic rings. The van der Waals surface area contributed by atoms with Crippen LogP contribution in [0.5, 0.6) is 0 Å². The van der Waals surface area contributed by atoms with Crippen molar-refractivity contribution < 1.29 is 4.92 Å². The van der Waals surface area contributed by atoms with Gasteiger partial charge < -0.3 is 16.0 Å². The third kappa shape index (κ3) is 3.68. The molecule has 0 bridgehead atoms. The van der Waals surface area contributed by atoms with Gasteiger partial charge in [-0.05, 0) is 31.6 Å². The molecule has 24 heavy (non-hydrogen) atoms. The largest absolute Gasteiger partial charge is 0.378 e. The van der Waals surface area contributed by atoms with Gasteiger partial charge in [0.15, 0.2) is 0 Å². The monoisotopic (exact) mass is 334 g/mol. The van der Waals surface area contributed by atoms with Gasteiger partial charge in [-0.3, -0.25) is 10.1 Å². The molecule has 3 N–H and O–H groups in total. The lowest BCUT2D eigenvalue weighted by Crippen LogP contribution is -2.36. The number of rotatable bonds is 4. The summed E-state index contributed by atoms with van der Waals surface area (Å²) in [5, 5.41) is 14.8. The molecular weight excluding hydrogens is 308 g/mol. The first-order chi connectivity index (χ1) is 11.5. The summed E-state index contributed by atoms with van der Waals surface area (Å²) < 4.78 is 0. The summed E-state index contributed by atoms with van der Waals surface area (Å²) in [7, 11) is 0. The summed E-state index contributed by atoms with van der Waals surface area (Å²) in [5.74, 6) is 1.21. The maximum atomic E-state index is 11.5. The molecule has 0 amide bonds. The van der Waals surface area contributed by atoms with Gasteiger partial charge in [-0.2, -0.15) is 9.97 Å². The molecule has 0 radical (unpaired) electrons. The fourth-order valence-electron chi connectivity index (χ4n) is 3.73. The Hall–Kier alpha value is -2.12. The molecule has 2 heterocycles. The van der Waals surface area contributed by atoms with E-state index in [2.05, 4.69) is 22.2 Å². The fourth-order valence-corrected chi connectivity index (χ4v) is 3.73. The number of nitrogen functional groups attached to an aromatic ring is 1. The van der Waals surface area contributed by atoms with Crippen LogP contribution in [-0.4, -0.2) is 34.0 Å². The number of nitrogens with one attached hydrogen (secondary N) is 1. The van der Waals surface area contributed by atoms with Crippen LogP contribution in [0.25, 0.3) is 0 Å². The van der Waals surface area contributed by atoms with Gasteiger partial charge in [-0.1, -0.05) is 26.2 Å². The third-order valence-electron chi connectivity index (χ3n) is 4.97. The maximum absolute atomic E-state index is 11.5. The van der Waals surface area contributed by atoms with E-state index in [1.807, 2.05) is 4.90 Å². The molecule has 3 rings (SSSR count). The van der Waals surface area contributed by atoms with E-state index < -0.39 is 4.92 Å². The van der Waals surface area contributed by atoms with Crippen molar-refractivity contribution in [1.29, 1.82) is 0 Å². The van der Waals surface area contributed by atoms with Crippen LogP contribution in [0.3, 0.4) is 0 Å². The topological polar surface area (TPSA) is 110 Å². The summed E-state index contributed by atoms with van der Waals surface area (Å²) in [5.41, 5.74) is 5.74. The summed E-state index contributed by atoms with van der Waals surface area (Å²) in [6.07, 6.45) is 7.95. The second kappa shape index (κ2) is 7.19. The quantitative estimate of drug-likeness (QED) is 0.643. The molecule has 1 aliphatic carbocycles. The molecule has 1 saturated heterocycles. The lowest BCUT2D eigenvalue weighted by Gasteiger charge is -2.32. The van der Waals surface area contributed by atoms with Crippen molar-refractivity contribution in [3.05, 3.63) is 10.1 Å². The number of piperidine rings is 1. The third-order valence-corrected chi connectivity index (χ3v) is 4.97. The first-order valence-electron chi connectivity index (χ1n) is 8.88. The van der Waals surface area contributed by atoms with Crippen LogP contribution in [0.15, 0.2) is 0 Å². The van der Waals surface area contributed by atoms with Crippen molar-refractivity contribution >= 4 is 23.3 Å². The number of anilines is 3. The smallest absolute Gasteiger partial charge is 0.353 e. The highest BCUT2D eigenvalue weighted by Gasteiger charge is 2.30. The van der Waals surface area contributed by atoms with Crippen LogP contribution in [0, 0.1) is 16.0 Å². The van der Waals surface area contributed by atoms with Gasteiger partial charge in [0.2, 0.25) is 17.6 Å². The molecule has 0 spiro atoms. The Morgan fingerprint density at radius 2 is 1.96 bits per heavy atom. The van der Waals surface area contributed by atoms with E-state index in [-0.39, 0.29) is 11.5 Å². The standard InChI is InChI=1S/C16H26N6O2/c1-11-6-5-9-21(10-11)15-13(22(23)24)14(17)19-16(20-15)18-12-7-3-2-4-8-12/h11-12H,2-10H2,1H3,(H3,17,18,19,20). The minimum atomic E-state index is -0.464. The summed E-state index contributed by atoms with van der Waals surface area (Å²) in [6, 6.07) is 0.327. The Morgan fingerprint density at radius 1 is 1.21 bits per heavy atom. The van der Waals surface area contributed by atoms with Crippen molar-refractivity contribution in [2.45, 2.75) is 57.9 Å². The van der Waals surface area contributed by atoms with Crippen LogP contribution in [0.4, 0.5) is 23.3 Å². The zero-order chi connectivity index (χ0) is 17.1. The second-order valence-corrected chi connectivity index (χ2v) is 7.03. The molecule has 1 aromatic heterocycles. The fraction of sp³-hybridized carbons (Fsp3) is 0.750. The average molecular weight is 334 g/mol. The maximum Gasteiger partial charge on any atom is 0.353 e. The number of aromatic nitrogens is 2. The van der Waals surface area contributed by atoms with E-state index in [0.717, 1.165) is 38.8 Å². The highest BCUT2D eigenvalue weighted by molar-refractivity contribution is 5.71. The Balaban J connectivity index is 1.89. The number of nitrogens with zero attached hydrogens (tertiary/aromatic N) is 4. The lowest BCUT2D eigenvalue weighted by molar-refractivity contribution is -0.383. The molecule has 8 nitrogen and oxygen atoms in total. The highest BCUT2D eigenvalue weighted by Crippen LogP contribution is 2.34. The van der Waals surface area contributed by atoms with Crippen molar-refractivity contribution in [2.24, 2.45) is 5.92 Å². The van der Waals surface area contributed by atoms with Crippen LogP contribution in [0.2, 0.25) is 0 Å². The van der Waals surface area contributed by atoms with Crippen molar-refractivity contribution in [3.8, 4) is 0 Å². The molecule has 8 heteroatoms. The SMILES string of the molecule is CC1CCCN(c2nc(NC3CCCCC3)nc(N)c2[N+](=O)[O-])C1. The van der Waals surface area contributed by atoms with E-state index in [1.54, 1.807) is 0 Å². The van der Waals surface area contributed by atoms with Gasteiger partial charge in [0.1, 0.15) is 0 Å². The average Bonchev–Trinajstić information content (AvgIpc) is 2.55. The summed E-state index contributed by atoms with van der Waals surface area (Å²) in [6.45, 7) is 3.69. The molecule has 1 atom stereocenters. The van der Waals surface area contributed by atoms with Gasteiger partial charge >= 0.3 is 5.69 Å². The van der Waals surface area contributed by atoms with Gasteiger partial charge in [-0.25, -0.2) is 0 Å². The Bertz CT molecular complexity index is 602. The Labute approximate surface area is 142 Å².